The second-order valence-corrected chi connectivity index (χ2v) is 4.89. The number of amides is 1. The second-order valence-electron chi connectivity index (χ2n) is 4.89. The average Bonchev–Trinajstić information content (AvgIpc) is 2.43. The molecule has 3 unspecified atom stereocenters. The molecular formula is C13H23NO5. The van der Waals surface area contributed by atoms with Crippen LogP contribution in [-0.4, -0.2) is 50.5 Å². The van der Waals surface area contributed by atoms with Crippen LogP contribution < -0.4 is 5.32 Å². The highest BCUT2D eigenvalue weighted by Crippen LogP contribution is 2.30. The third-order valence-corrected chi connectivity index (χ3v) is 3.61. The monoisotopic (exact) mass is 273 g/mol. The maximum atomic E-state index is 12.1. The van der Waals surface area contributed by atoms with Crippen molar-refractivity contribution in [1.82, 2.24) is 5.32 Å². The molecule has 1 aliphatic carbocycles. The van der Waals surface area contributed by atoms with Gasteiger partial charge in [0.2, 0.25) is 5.91 Å². The summed E-state index contributed by atoms with van der Waals surface area (Å²) in [5.41, 5.74) is 0. The quantitative estimate of drug-likeness (QED) is 0.711. The van der Waals surface area contributed by atoms with E-state index in [9.17, 15) is 9.59 Å². The van der Waals surface area contributed by atoms with Gasteiger partial charge in [-0.15, -0.1) is 0 Å². The van der Waals surface area contributed by atoms with Gasteiger partial charge in [-0.2, -0.15) is 0 Å². The normalized spacial score (nSPS) is 24.7. The Hall–Kier alpha value is -1.14. The number of hydrogen-bond donors (Lipinski definition) is 2. The number of ether oxygens (including phenoxy) is 2. The van der Waals surface area contributed by atoms with Crippen molar-refractivity contribution in [1.29, 1.82) is 0 Å². The van der Waals surface area contributed by atoms with Gasteiger partial charge in [-0.3, -0.25) is 9.59 Å². The third kappa shape index (κ3) is 4.80. The average molecular weight is 273 g/mol. The lowest BCUT2D eigenvalue weighted by Crippen LogP contribution is -2.43. The summed E-state index contributed by atoms with van der Waals surface area (Å²) in [6, 6.07) is 0. The van der Waals surface area contributed by atoms with Crippen LogP contribution in [0.1, 0.15) is 25.7 Å². The predicted octanol–water partition coefficient (Wildman–Crippen LogP) is 0.655. The molecule has 6 heteroatoms. The molecule has 0 aromatic rings. The van der Waals surface area contributed by atoms with E-state index in [0.717, 1.165) is 12.8 Å². The molecule has 0 aliphatic heterocycles. The van der Waals surface area contributed by atoms with Crippen LogP contribution in [0.2, 0.25) is 0 Å². The molecule has 0 saturated heterocycles. The Bertz CT molecular complexity index is 307. The van der Waals surface area contributed by atoms with Crippen molar-refractivity contribution in [3.8, 4) is 0 Å². The summed E-state index contributed by atoms with van der Waals surface area (Å²) in [7, 11) is 3.12. The predicted molar refractivity (Wildman–Crippen MR) is 68.8 cm³/mol. The number of aliphatic carboxylic acids is 1. The third-order valence-electron chi connectivity index (χ3n) is 3.61. The van der Waals surface area contributed by atoms with Crippen molar-refractivity contribution < 1.29 is 24.2 Å². The van der Waals surface area contributed by atoms with Gasteiger partial charge in [0.15, 0.2) is 0 Å². The Labute approximate surface area is 113 Å². The van der Waals surface area contributed by atoms with E-state index in [2.05, 4.69) is 5.32 Å². The van der Waals surface area contributed by atoms with E-state index in [1.807, 2.05) is 0 Å². The summed E-state index contributed by atoms with van der Waals surface area (Å²) >= 11 is 0. The molecule has 1 rings (SSSR count). The van der Waals surface area contributed by atoms with E-state index in [-0.39, 0.29) is 12.0 Å². The summed E-state index contributed by atoms with van der Waals surface area (Å²) in [5.74, 6) is -2.05. The summed E-state index contributed by atoms with van der Waals surface area (Å²) < 4.78 is 10.1. The standard InChI is InChI=1S/C13H23NO5/c1-18-8-9(19-2)7-14-12(15)10-5-3-4-6-11(10)13(16)17/h9-11H,3-8H2,1-2H3,(H,14,15)(H,16,17). The van der Waals surface area contributed by atoms with Gasteiger partial charge in [0, 0.05) is 20.8 Å². The minimum Gasteiger partial charge on any atom is -0.481 e. The zero-order chi connectivity index (χ0) is 14.3. The van der Waals surface area contributed by atoms with Crippen molar-refractivity contribution in [2.45, 2.75) is 31.8 Å². The molecule has 1 amide bonds. The SMILES string of the molecule is COCC(CNC(=O)C1CCCCC1C(=O)O)OC. The van der Waals surface area contributed by atoms with Crippen LogP contribution in [0.4, 0.5) is 0 Å². The molecule has 6 nitrogen and oxygen atoms in total. The van der Waals surface area contributed by atoms with Gasteiger partial charge in [0.05, 0.1) is 24.5 Å². The highest BCUT2D eigenvalue weighted by atomic mass is 16.5. The van der Waals surface area contributed by atoms with Crippen LogP contribution in [0, 0.1) is 11.8 Å². The molecule has 19 heavy (non-hydrogen) atoms. The molecular weight excluding hydrogens is 250 g/mol. The van der Waals surface area contributed by atoms with E-state index in [4.69, 9.17) is 14.6 Å². The Morgan fingerprint density at radius 1 is 1.26 bits per heavy atom. The van der Waals surface area contributed by atoms with Gasteiger partial charge < -0.3 is 19.9 Å². The fourth-order valence-electron chi connectivity index (χ4n) is 2.48. The largest absolute Gasteiger partial charge is 0.481 e. The number of carboxylic acid groups (broad SMARTS) is 1. The molecule has 0 aromatic heterocycles. The van der Waals surface area contributed by atoms with Gasteiger partial charge in [-0.05, 0) is 12.8 Å². The Balaban J connectivity index is 2.48. The molecule has 1 aliphatic rings. The Kier molecular flexibility index (Phi) is 6.80. The number of carboxylic acids is 1. The fourth-order valence-corrected chi connectivity index (χ4v) is 2.48. The number of hydrogen-bond acceptors (Lipinski definition) is 4. The number of carbonyl (C=O) groups excluding carboxylic acids is 1. The lowest BCUT2D eigenvalue weighted by atomic mass is 9.78. The van der Waals surface area contributed by atoms with E-state index in [1.165, 1.54) is 0 Å². The van der Waals surface area contributed by atoms with Crippen molar-refractivity contribution in [3.05, 3.63) is 0 Å². The van der Waals surface area contributed by atoms with Crippen LogP contribution in [-0.2, 0) is 19.1 Å². The number of methoxy groups -OCH3 is 2. The van der Waals surface area contributed by atoms with Gasteiger partial charge in [-0.25, -0.2) is 0 Å². The lowest BCUT2D eigenvalue weighted by Gasteiger charge is -2.28. The topological polar surface area (TPSA) is 84.9 Å². The van der Waals surface area contributed by atoms with Crippen LogP contribution in [0.15, 0.2) is 0 Å². The zero-order valence-corrected chi connectivity index (χ0v) is 11.6. The smallest absolute Gasteiger partial charge is 0.307 e. The van der Waals surface area contributed by atoms with Crippen molar-refractivity contribution >= 4 is 11.9 Å². The Morgan fingerprint density at radius 2 is 1.89 bits per heavy atom. The molecule has 0 aromatic carbocycles. The minimum atomic E-state index is -0.875. The van der Waals surface area contributed by atoms with Crippen LogP contribution in [0.3, 0.4) is 0 Å². The number of rotatable bonds is 7. The molecule has 110 valence electrons. The summed E-state index contributed by atoms with van der Waals surface area (Å²) in [6.07, 6.45) is 2.81. The van der Waals surface area contributed by atoms with Crippen LogP contribution in [0.5, 0.6) is 0 Å². The van der Waals surface area contributed by atoms with Gasteiger partial charge in [-0.1, -0.05) is 12.8 Å². The molecule has 3 atom stereocenters. The molecule has 1 saturated carbocycles. The number of carbonyl (C=O) groups is 2. The maximum absolute atomic E-state index is 12.1. The van der Waals surface area contributed by atoms with Gasteiger partial charge >= 0.3 is 5.97 Å². The van der Waals surface area contributed by atoms with Crippen molar-refractivity contribution in [2.75, 3.05) is 27.4 Å². The Morgan fingerprint density at radius 3 is 2.42 bits per heavy atom. The first-order valence-corrected chi connectivity index (χ1v) is 6.62. The molecule has 1 fully saturated rings. The maximum Gasteiger partial charge on any atom is 0.307 e. The van der Waals surface area contributed by atoms with Crippen LogP contribution in [0.25, 0.3) is 0 Å². The fraction of sp³-hybridized carbons (Fsp3) is 0.846. The lowest BCUT2D eigenvalue weighted by molar-refractivity contribution is -0.149. The van der Waals surface area contributed by atoms with Gasteiger partial charge in [0.25, 0.3) is 0 Å². The van der Waals surface area contributed by atoms with Crippen LogP contribution >= 0.6 is 0 Å². The molecule has 0 radical (unpaired) electrons. The molecule has 0 heterocycles. The summed E-state index contributed by atoms with van der Waals surface area (Å²) in [4.78, 5) is 23.2. The number of nitrogens with one attached hydrogen (secondary N) is 1. The summed E-state index contributed by atoms with van der Waals surface area (Å²) in [6.45, 7) is 0.732. The first kappa shape index (κ1) is 15.9. The highest BCUT2D eigenvalue weighted by Gasteiger charge is 2.35. The highest BCUT2D eigenvalue weighted by molar-refractivity contribution is 5.84. The molecule has 0 spiro atoms. The van der Waals surface area contributed by atoms with E-state index >= 15 is 0 Å². The first-order chi connectivity index (χ1) is 9.10. The molecule has 2 N–H and O–H groups in total. The second kappa shape index (κ2) is 8.12. The van der Waals surface area contributed by atoms with E-state index in [0.29, 0.717) is 26.0 Å². The van der Waals surface area contributed by atoms with Crippen molar-refractivity contribution in [3.63, 3.8) is 0 Å². The first-order valence-electron chi connectivity index (χ1n) is 6.62. The molecule has 0 bridgehead atoms. The van der Waals surface area contributed by atoms with Gasteiger partial charge in [0.1, 0.15) is 0 Å². The minimum absolute atomic E-state index is 0.190. The summed E-state index contributed by atoms with van der Waals surface area (Å²) in [5, 5.41) is 11.9. The van der Waals surface area contributed by atoms with Crippen molar-refractivity contribution in [2.24, 2.45) is 11.8 Å². The van der Waals surface area contributed by atoms with E-state index < -0.39 is 17.8 Å². The van der Waals surface area contributed by atoms with E-state index in [1.54, 1.807) is 14.2 Å². The zero-order valence-electron chi connectivity index (χ0n) is 11.6.